The standard InChI is InChI=1S/C10H15NO.C8H6Cl2O2/c1-3-6-12-10-5-4-9(11)7-8(10)2;1-4(11)5-2-6(9)8(12)7(10)3-5/h4-5,7H,3,6,11H2,1-2H3;2-3,12H,1H3. The van der Waals surface area contributed by atoms with Crippen LogP contribution in [0.5, 0.6) is 11.5 Å². The van der Waals surface area contributed by atoms with Crippen LogP contribution in [-0.4, -0.2) is 17.5 Å². The van der Waals surface area contributed by atoms with Gasteiger partial charge in [-0.05, 0) is 56.2 Å². The number of anilines is 1. The van der Waals surface area contributed by atoms with Crippen molar-refractivity contribution >= 4 is 34.7 Å². The molecule has 2 rings (SSSR count). The molecular weight excluding hydrogens is 349 g/mol. The molecular formula is C18H21Cl2NO3. The molecule has 24 heavy (non-hydrogen) atoms. The minimum Gasteiger partial charge on any atom is -0.505 e. The number of benzene rings is 2. The van der Waals surface area contributed by atoms with Crippen molar-refractivity contribution < 1.29 is 14.6 Å². The Balaban J connectivity index is 0.000000240. The molecule has 0 aliphatic heterocycles. The van der Waals surface area contributed by atoms with Gasteiger partial charge in [0.05, 0.1) is 16.7 Å². The lowest BCUT2D eigenvalue weighted by Gasteiger charge is -2.07. The minimum absolute atomic E-state index is 0.0905. The first-order chi connectivity index (χ1) is 11.3. The summed E-state index contributed by atoms with van der Waals surface area (Å²) in [5, 5.41) is 9.32. The van der Waals surface area contributed by atoms with Gasteiger partial charge in [0, 0.05) is 11.3 Å². The number of phenolic OH excluding ortho intramolecular Hbond substituents is 1. The lowest BCUT2D eigenvalue weighted by molar-refractivity contribution is 0.101. The second-order valence-electron chi connectivity index (χ2n) is 5.22. The number of hydrogen-bond donors (Lipinski definition) is 2. The molecule has 4 nitrogen and oxygen atoms in total. The normalized spacial score (nSPS) is 9.88. The first kappa shape index (κ1) is 20.1. The molecule has 0 amide bonds. The van der Waals surface area contributed by atoms with Crippen molar-refractivity contribution in [3.05, 3.63) is 51.5 Å². The maximum absolute atomic E-state index is 10.9. The molecule has 0 atom stereocenters. The van der Waals surface area contributed by atoms with Crippen LogP contribution in [0.25, 0.3) is 0 Å². The number of ether oxygens (including phenoxy) is 1. The molecule has 0 fully saturated rings. The van der Waals surface area contributed by atoms with Gasteiger partial charge in [-0.1, -0.05) is 30.1 Å². The van der Waals surface area contributed by atoms with Crippen LogP contribution in [0.15, 0.2) is 30.3 Å². The fourth-order valence-electron chi connectivity index (χ4n) is 1.82. The van der Waals surface area contributed by atoms with Crippen molar-refractivity contribution in [2.75, 3.05) is 12.3 Å². The summed E-state index contributed by atoms with van der Waals surface area (Å²) in [7, 11) is 0. The average Bonchev–Trinajstić information content (AvgIpc) is 2.52. The molecule has 2 aromatic carbocycles. The van der Waals surface area contributed by atoms with E-state index >= 15 is 0 Å². The zero-order valence-corrected chi connectivity index (χ0v) is 15.4. The van der Waals surface area contributed by atoms with Crippen LogP contribution in [-0.2, 0) is 0 Å². The van der Waals surface area contributed by atoms with E-state index in [1.54, 1.807) is 0 Å². The lowest BCUT2D eigenvalue weighted by Crippen LogP contribution is -1.97. The Labute approximate surface area is 152 Å². The number of phenols is 1. The van der Waals surface area contributed by atoms with Crippen LogP contribution >= 0.6 is 23.2 Å². The number of carbonyl (C=O) groups is 1. The fourth-order valence-corrected chi connectivity index (χ4v) is 2.30. The van der Waals surface area contributed by atoms with Gasteiger partial charge >= 0.3 is 0 Å². The number of aromatic hydroxyl groups is 1. The Morgan fingerprint density at radius 3 is 2.25 bits per heavy atom. The van der Waals surface area contributed by atoms with E-state index in [1.807, 2.05) is 25.1 Å². The van der Waals surface area contributed by atoms with Crippen LogP contribution < -0.4 is 10.5 Å². The lowest BCUT2D eigenvalue weighted by atomic mass is 10.1. The number of rotatable bonds is 4. The van der Waals surface area contributed by atoms with Crippen molar-refractivity contribution in [3.8, 4) is 11.5 Å². The molecule has 0 saturated heterocycles. The predicted molar refractivity (Wildman–Crippen MR) is 99.5 cm³/mol. The molecule has 3 N–H and O–H groups in total. The summed E-state index contributed by atoms with van der Waals surface area (Å²) in [6, 6.07) is 8.46. The first-order valence-electron chi connectivity index (χ1n) is 7.44. The van der Waals surface area contributed by atoms with Crippen LogP contribution in [0, 0.1) is 6.92 Å². The summed E-state index contributed by atoms with van der Waals surface area (Å²) < 4.78 is 5.49. The van der Waals surface area contributed by atoms with Gasteiger partial charge in [0.15, 0.2) is 11.5 Å². The largest absolute Gasteiger partial charge is 0.505 e. The third-order valence-electron chi connectivity index (χ3n) is 3.08. The van der Waals surface area contributed by atoms with Gasteiger partial charge in [0.1, 0.15) is 5.75 Å². The predicted octanol–water partition coefficient (Wildman–Crippen LogP) is 5.27. The quantitative estimate of drug-likeness (QED) is 0.568. The number of halogens is 2. The number of ketones is 1. The molecule has 0 aliphatic rings. The Bertz CT molecular complexity index is 694. The fraction of sp³-hybridized carbons (Fsp3) is 0.278. The van der Waals surface area contributed by atoms with Crippen molar-refractivity contribution in [1.29, 1.82) is 0 Å². The van der Waals surface area contributed by atoms with Gasteiger partial charge in [-0.15, -0.1) is 0 Å². The van der Waals surface area contributed by atoms with E-state index in [4.69, 9.17) is 38.8 Å². The van der Waals surface area contributed by atoms with Crippen LogP contribution in [0.3, 0.4) is 0 Å². The number of hydrogen-bond acceptors (Lipinski definition) is 4. The molecule has 0 radical (unpaired) electrons. The summed E-state index contributed by atoms with van der Waals surface area (Å²) in [5.41, 5.74) is 7.88. The zero-order valence-electron chi connectivity index (χ0n) is 13.9. The molecule has 2 aromatic rings. The summed E-state index contributed by atoms with van der Waals surface area (Å²) in [4.78, 5) is 10.9. The molecule has 0 saturated carbocycles. The summed E-state index contributed by atoms with van der Waals surface area (Å²) in [6.07, 6.45) is 1.03. The summed E-state index contributed by atoms with van der Waals surface area (Å²) >= 11 is 11.2. The van der Waals surface area contributed by atoms with Crippen molar-refractivity contribution in [1.82, 2.24) is 0 Å². The van der Waals surface area contributed by atoms with E-state index in [1.165, 1.54) is 19.1 Å². The number of Topliss-reactive ketones (excluding diaryl/α,β-unsaturated/α-hetero) is 1. The zero-order chi connectivity index (χ0) is 18.3. The Morgan fingerprint density at radius 1 is 1.21 bits per heavy atom. The van der Waals surface area contributed by atoms with Crippen molar-refractivity contribution in [3.63, 3.8) is 0 Å². The Kier molecular flexibility index (Phi) is 7.89. The second kappa shape index (κ2) is 9.40. The SMILES string of the molecule is CC(=O)c1cc(Cl)c(O)c(Cl)c1.CCCOc1ccc(N)cc1C. The van der Waals surface area contributed by atoms with Gasteiger partial charge in [0.2, 0.25) is 0 Å². The molecule has 0 aliphatic carbocycles. The molecule has 0 unspecified atom stereocenters. The number of nitrogens with two attached hydrogens (primary N) is 1. The molecule has 0 bridgehead atoms. The molecule has 0 heterocycles. The average molecular weight is 370 g/mol. The topological polar surface area (TPSA) is 72.5 Å². The highest BCUT2D eigenvalue weighted by Crippen LogP contribution is 2.32. The first-order valence-corrected chi connectivity index (χ1v) is 8.19. The van der Waals surface area contributed by atoms with E-state index in [-0.39, 0.29) is 21.6 Å². The smallest absolute Gasteiger partial charge is 0.159 e. The Hall–Kier alpha value is -1.91. The third-order valence-corrected chi connectivity index (χ3v) is 3.66. The van der Waals surface area contributed by atoms with E-state index < -0.39 is 0 Å². The Morgan fingerprint density at radius 2 is 1.79 bits per heavy atom. The molecule has 0 spiro atoms. The second-order valence-corrected chi connectivity index (χ2v) is 6.03. The maximum atomic E-state index is 10.9. The monoisotopic (exact) mass is 369 g/mol. The summed E-state index contributed by atoms with van der Waals surface area (Å²) in [6.45, 7) is 6.26. The molecule has 6 heteroatoms. The minimum atomic E-state index is -0.191. The van der Waals surface area contributed by atoms with E-state index in [2.05, 4.69) is 6.92 Å². The van der Waals surface area contributed by atoms with Crippen LogP contribution in [0.4, 0.5) is 5.69 Å². The number of aryl methyl sites for hydroxylation is 1. The van der Waals surface area contributed by atoms with Crippen molar-refractivity contribution in [2.24, 2.45) is 0 Å². The van der Waals surface area contributed by atoms with Gasteiger partial charge in [-0.25, -0.2) is 0 Å². The van der Waals surface area contributed by atoms with Gasteiger partial charge < -0.3 is 15.6 Å². The van der Waals surface area contributed by atoms with E-state index in [0.717, 1.165) is 30.0 Å². The highest BCUT2D eigenvalue weighted by molar-refractivity contribution is 6.37. The van der Waals surface area contributed by atoms with Gasteiger partial charge in [-0.3, -0.25) is 4.79 Å². The van der Waals surface area contributed by atoms with E-state index in [9.17, 15) is 4.79 Å². The maximum Gasteiger partial charge on any atom is 0.159 e. The molecule has 130 valence electrons. The third kappa shape index (κ3) is 5.95. The highest BCUT2D eigenvalue weighted by atomic mass is 35.5. The highest BCUT2D eigenvalue weighted by Gasteiger charge is 2.08. The number of carbonyl (C=O) groups excluding carboxylic acids is 1. The van der Waals surface area contributed by atoms with Gasteiger partial charge in [-0.2, -0.15) is 0 Å². The van der Waals surface area contributed by atoms with Crippen LogP contribution in [0.1, 0.15) is 36.2 Å². The molecule has 0 aromatic heterocycles. The van der Waals surface area contributed by atoms with Gasteiger partial charge in [0.25, 0.3) is 0 Å². The van der Waals surface area contributed by atoms with Crippen LogP contribution in [0.2, 0.25) is 10.0 Å². The van der Waals surface area contributed by atoms with Crippen molar-refractivity contribution in [2.45, 2.75) is 27.2 Å². The number of nitrogen functional groups attached to an aromatic ring is 1. The van der Waals surface area contributed by atoms with E-state index in [0.29, 0.717) is 5.56 Å². The summed E-state index contributed by atoms with van der Waals surface area (Å²) in [5.74, 6) is 0.605.